The molecule has 1 radical (unpaired) electrons. The van der Waals surface area contributed by atoms with Gasteiger partial charge in [-0.15, -0.1) is 0 Å². The molecule has 1 aromatic heterocycles. The fourth-order valence-electron chi connectivity index (χ4n) is 0.413. The highest BCUT2D eigenvalue weighted by molar-refractivity contribution is 6.28. The van der Waals surface area contributed by atoms with Crippen molar-refractivity contribution in [1.82, 2.24) is 0 Å². The predicted octanol–water partition coefficient (Wildman–Crippen LogP) is 0.838. The zero-order chi connectivity index (χ0) is 6.69. The minimum atomic E-state index is 0.169. The Labute approximate surface area is 57.5 Å². The Morgan fingerprint density at radius 1 is 1.67 bits per heavy atom. The molecule has 0 aromatic carbocycles. The second kappa shape index (κ2) is 2.80. The maximum atomic E-state index is 8.08. The number of rotatable bonds is 2. The van der Waals surface area contributed by atoms with E-state index in [4.69, 9.17) is 16.6 Å². The summed E-state index contributed by atoms with van der Waals surface area (Å²) in [6.45, 7) is 0. The van der Waals surface area contributed by atoms with Crippen LogP contribution in [-0.2, 0) is 0 Å². The fraction of sp³-hybridized carbons (Fsp3) is 0. The summed E-state index contributed by atoms with van der Waals surface area (Å²) in [7, 11) is 0.523. The molecule has 5 heteroatoms. The van der Waals surface area contributed by atoms with E-state index >= 15 is 0 Å². The van der Waals surface area contributed by atoms with Crippen molar-refractivity contribution >= 4 is 19.3 Å². The zero-order valence-electron chi connectivity index (χ0n) is 4.37. The first-order valence-electron chi connectivity index (χ1n) is 2.21. The van der Waals surface area contributed by atoms with Crippen LogP contribution in [0.3, 0.4) is 0 Å². The van der Waals surface area contributed by atoms with Crippen molar-refractivity contribution in [1.29, 1.82) is 0 Å². The van der Waals surface area contributed by atoms with Gasteiger partial charge in [0.25, 0.3) is 5.95 Å². The molecule has 0 fully saturated rings. The zero-order valence-corrected chi connectivity index (χ0v) is 5.13. The summed E-state index contributed by atoms with van der Waals surface area (Å²) in [6.07, 6.45) is 0. The van der Waals surface area contributed by atoms with Gasteiger partial charge >= 0.3 is 7.69 Å². The van der Waals surface area contributed by atoms with Gasteiger partial charge in [0, 0.05) is 6.07 Å². The van der Waals surface area contributed by atoms with E-state index in [0.29, 0.717) is 7.69 Å². The Hall–Kier alpha value is -0.605. The summed E-state index contributed by atoms with van der Waals surface area (Å²) in [4.78, 5) is 0. The molecule has 0 bridgehead atoms. The number of halogens is 1. The van der Waals surface area contributed by atoms with Gasteiger partial charge in [-0.25, -0.2) is 0 Å². The average molecular weight is 145 g/mol. The molecular weight excluding hydrogens is 142 g/mol. The van der Waals surface area contributed by atoms with E-state index in [9.17, 15) is 0 Å². The summed E-state index contributed by atoms with van der Waals surface area (Å²) < 4.78 is 9.08. The summed E-state index contributed by atoms with van der Waals surface area (Å²) in [5, 5.41) is 8.31. The van der Waals surface area contributed by atoms with E-state index in [1.54, 1.807) is 0 Å². The lowest BCUT2D eigenvalue weighted by Crippen LogP contribution is -1.97. The fourth-order valence-corrected chi connectivity index (χ4v) is 0.552. The Kier molecular flexibility index (Phi) is 2.03. The molecule has 1 heterocycles. The van der Waals surface area contributed by atoms with E-state index in [-0.39, 0.29) is 11.2 Å². The van der Waals surface area contributed by atoms with E-state index in [2.05, 4.69) is 9.07 Å². The van der Waals surface area contributed by atoms with Crippen LogP contribution in [0, 0.1) is 0 Å². The van der Waals surface area contributed by atoms with Crippen LogP contribution in [0.2, 0.25) is 5.22 Å². The predicted molar refractivity (Wildman–Crippen MR) is 32.3 cm³/mol. The monoisotopic (exact) mass is 145 g/mol. The molecule has 0 unspecified atom stereocenters. The van der Waals surface area contributed by atoms with Crippen molar-refractivity contribution in [3.63, 3.8) is 0 Å². The number of hydrogen-bond acceptors (Lipinski definition) is 3. The Morgan fingerprint density at radius 2 is 2.44 bits per heavy atom. The lowest BCUT2D eigenvalue weighted by atomic mass is 10.4. The standard InChI is InChI=1S/C4H3BClO3/c6-3-1-2-4(8-3)9-5-7/h1-2,7H. The molecule has 0 saturated carbocycles. The second-order valence-electron chi connectivity index (χ2n) is 1.28. The van der Waals surface area contributed by atoms with Gasteiger partial charge < -0.3 is 14.1 Å². The van der Waals surface area contributed by atoms with Gasteiger partial charge in [-0.3, -0.25) is 0 Å². The largest absolute Gasteiger partial charge is 0.571 e. The summed E-state index contributed by atoms with van der Waals surface area (Å²) in [6, 6.07) is 3.01. The van der Waals surface area contributed by atoms with Crippen molar-refractivity contribution in [2.24, 2.45) is 0 Å². The first-order valence-corrected chi connectivity index (χ1v) is 2.58. The first-order chi connectivity index (χ1) is 4.33. The van der Waals surface area contributed by atoms with E-state index in [0.717, 1.165) is 0 Å². The maximum absolute atomic E-state index is 8.08. The average Bonchev–Trinajstić information content (AvgIpc) is 2.17. The minimum absolute atomic E-state index is 0.169. The molecule has 1 aromatic rings. The topological polar surface area (TPSA) is 42.6 Å². The van der Waals surface area contributed by atoms with Crippen LogP contribution < -0.4 is 4.65 Å². The quantitative estimate of drug-likeness (QED) is 0.627. The van der Waals surface area contributed by atoms with Crippen molar-refractivity contribution in [3.05, 3.63) is 17.4 Å². The molecule has 9 heavy (non-hydrogen) atoms. The molecular formula is C4H3BClO3. The summed E-state index contributed by atoms with van der Waals surface area (Å²) >= 11 is 5.35. The van der Waals surface area contributed by atoms with E-state index < -0.39 is 0 Å². The third-order valence-electron chi connectivity index (χ3n) is 0.717. The summed E-state index contributed by atoms with van der Waals surface area (Å²) in [5.74, 6) is 0.169. The SMILES string of the molecule is O[B]Oc1ccc(Cl)o1. The summed E-state index contributed by atoms with van der Waals surface area (Å²) in [5.41, 5.74) is 0. The van der Waals surface area contributed by atoms with Crippen LogP contribution >= 0.6 is 11.6 Å². The highest BCUT2D eigenvalue weighted by Gasteiger charge is 1.98. The number of furan rings is 1. The molecule has 1 N–H and O–H groups in total. The minimum Gasteiger partial charge on any atom is -0.510 e. The van der Waals surface area contributed by atoms with Crippen molar-refractivity contribution in [3.8, 4) is 5.95 Å². The molecule has 0 atom stereocenters. The Bertz CT molecular complexity index is 188. The second-order valence-corrected chi connectivity index (χ2v) is 1.65. The van der Waals surface area contributed by atoms with E-state index in [1.165, 1.54) is 12.1 Å². The Morgan fingerprint density at radius 3 is 2.89 bits per heavy atom. The van der Waals surface area contributed by atoms with Crippen LogP contribution in [0.4, 0.5) is 0 Å². The van der Waals surface area contributed by atoms with Crippen molar-refractivity contribution in [2.75, 3.05) is 0 Å². The first kappa shape index (κ1) is 6.51. The normalized spacial score (nSPS) is 9.11. The third-order valence-corrected chi connectivity index (χ3v) is 0.921. The van der Waals surface area contributed by atoms with Crippen molar-refractivity contribution < 1.29 is 14.1 Å². The number of hydrogen-bond donors (Lipinski definition) is 1. The Balaban J connectivity index is 2.61. The molecule has 0 aliphatic heterocycles. The third kappa shape index (κ3) is 1.66. The molecule has 0 aliphatic carbocycles. The van der Waals surface area contributed by atoms with Gasteiger partial charge in [-0.1, -0.05) is 0 Å². The molecule has 1 rings (SSSR count). The molecule has 3 nitrogen and oxygen atoms in total. The molecule has 0 amide bonds. The maximum Gasteiger partial charge on any atom is 0.571 e. The van der Waals surface area contributed by atoms with Gasteiger partial charge in [0.1, 0.15) is 0 Å². The molecule has 47 valence electrons. The van der Waals surface area contributed by atoms with Gasteiger partial charge in [0.15, 0.2) is 5.22 Å². The van der Waals surface area contributed by atoms with Crippen LogP contribution in [0.15, 0.2) is 16.5 Å². The van der Waals surface area contributed by atoms with Gasteiger partial charge in [0.2, 0.25) is 0 Å². The van der Waals surface area contributed by atoms with Gasteiger partial charge in [-0.05, 0) is 17.7 Å². The highest BCUT2D eigenvalue weighted by Crippen LogP contribution is 2.18. The van der Waals surface area contributed by atoms with Crippen LogP contribution in [0.5, 0.6) is 5.95 Å². The lowest BCUT2D eigenvalue weighted by Gasteiger charge is -1.90. The van der Waals surface area contributed by atoms with Crippen molar-refractivity contribution in [2.45, 2.75) is 0 Å². The van der Waals surface area contributed by atoms with Crippen LogP contribution in [-0.4, -0.2) is 12.7 Å². The smallest absolute Gasteiger partial charge is 0.510 e. The van der Waals surface area contributed by atoms with Gasteiger partial charge in [-0.2, -0.15) is 0 Å². The lowest BCUT2D eigenvalue weighted by molar-refractivity contribution is 0.359. The van der Waals surface area contributed by atoms with Crippen LogP contribution in [0.1, 0.15) is 0 Å². The van der Waals surface area contributed by atoms with E-state index in [1.807, 2.05) is 0 Å². The molecule has 0 spiro atoms. The highest BCUT2D eigenvalue weighted by atomic mass is 35.5. The van der Waals surface area contributed by atoms with Gasteiger partial charge in [0.05, 0.1) is 0 Å². The van der Waals surface area contributed by atoms with Crippen LogP contribution in [0.25, 0.3) is 0 Å². The molecule has 0 aliphatic rings. The molecule has 0 saturated heterocycles.